The average Bonchev–Trinajstić information content (AvgIpc) is 2.66. The van der Waals surface area contributed by atoms with Crippen molar-refractivity contribution in [1.82, 2.24) is 9.97 Å². The highest BCUT2D eigenvalue weighted by molar-refractivity contribution is 9.08. The maximum Gasteiger partial charge on any atom is 0.373 e. The number of aromatic nitrogens is 2. The van der Waals surface area contributed by atoms with Gasteiger partial charge in [-0.15, -0.1) is 0 Å². The highest BCUT2D eigenvalue weighted by Crippen LogP contribution is 2.15. The fourth-order valence-corrected chi connectivity index (χ4v) is 2.11. The number of methoxy groups -OCH3 is 2. The first-order valence-corrected chi connectivity index (χ1v) is 8.48. The van der Waals surface area contributed by atoms with Crippen molar-refractivity contribution in [3.8, 4) is 11.8 Å². The molecule has 2 rings (SSSR count). The van der Waals surface area contributed by atoms with E-state index in [0.717, 1.165) is 5.33 Å². The minimum absolute atomic E-state index is 0. The molecule has 0 saturated heterocycles. The van der Waals surface area contributed by atoms with Gasteiger partial charge in [0.25, 0.3) is 0 Å². The monoisotopic (exact) mass is 456 g/mol. The first-order chi connectivity index (χ1) is 12.8. The van der Waals surface area contributed by atoms with Crippen molar-refractivity contribution in [1.29, 1.82) is 0 Å². The van der Waals surface area contributed by atoms with Crippen molar-refractivity contribution in [2.24, 2.45) is 0 Å². The summed E-state index contributed by atoms with van der Waals surface area (Å²) >= 11 is 3.39. The lowest BCUT2D eigenvalue weighted by Gasteiger charge is -2.03. The molecule has 8 nitrogen and oxygen atoms in total. The third kappa shape index (κ3) is 13.4. The van der Waals surface area contributed by atoms with Gasteiger partial charge in [-0.2, -0.15) is 19.2 Å². The first kappa shape index (κ1) is 29.9. The lowest BCUT2D eigenvalue weighted by molar-refractivity contribution is -0.193. The first-order valence-electron chi connectivity index (χ1n) is 7.36. The van der Waals surface area contributed by atoms with Crippen LogP contribution in [0.25, 0.3) is 0 Å². The van der Waals surface area contributed by atoms with E-state index in [2.05, 4.69) is 25.9 Å². The van der Waals surface area contributed by atoms with Gasteiger partial charge < -0.3 is 9.47 Å². The van der Waals surface area contributed by atoms with Gasteiger partial charge in [0.2, 0.25) is 11.8 Å². The summed E-state index contributed by atoms with van der Waals surface area (Å²) in [5, 5.41) is 0.845. The Bertz CT molecular complexity index is 744. The largest absolute Gasteiger partial charge is 0.481 e. The molecule has 9 heteroatoms. The van der Waals surface area contributed by atoms with Crippen LogP contribution in [0.3, 0.4) is 0 Å². The Kier molecular flexibility index (Phi) is 20.2. The van der Waals surface area contributed by atoms with Crippen LogP contribution in [0.4, 0.5) is 0 Å². The topological polar surface area (TPSA) is 113 Å². The maximum atomic E-state index is 8.12. The molecule has 0 aliphatic heterocycles. The molecule has 2 aromatic heterocycles. The van der Waals surface area contributed by atoms with Gasteiger partial charge in [-0.05, 0) is 43.0 Å². The van der Waals surface area contributed by atoms with Crippen LogP contribution >= 0.6 is 15.9 Å². The number of aryl methyl sites for hydroxylation is 3. The van der Waals surface area contributed by atoms with E-state index < -0.39 is 0 Å². The van der Waals surface area contributed by atoms with E-state index in [1.165, 1.54) is 22.3 Å². The number of hydrogen-bond acceptors (Lipinski definition) is 8. The van der Waals surface area contributed by atoms with E-state index in [1.807, 2.05) is 45.3 Å². The van der Waals surface area contributed by atoms with Crippen molar-refractivity contribution in [3.05, 3.63) is 46.8 Å². The summed E-state index contributed by atoms with van der Waals surface area (Å²) in [5.74, 6) is 1.35. The van der Waals surface area contributed by atoms with Crippen LogP contribution in [0, 0.1) is 20.8 Å². The molecule has 0 aliphatic carbocycles. The molecule has 2 aromatic rings. The number of ether oxygens (including phenoxy) is 2. The zero-order valence-electron chi connectivity index (χ0n) is 15.7. The number of hydrogen-bond donors (Lipinski definition) is 0. The number of alkyl halides is 1. The minimum atomic E-state index is 0. The van der Waals surface area contributed by atoms with Crippen LogP contribution in [0.5, 0.6) is 11.8 Å². The zero-order valence-corrected chi connectivity index (χ0v) is 17.3. The summed E-state index contributed by atoms with van der Waals surface area (Å²) in [6.07, 6.45) is 4.13. The normalized spacial score (nSPS) is 7.79. The Morgan fingerprint density at radius 3 is 1.57 bits per heavy atom. The Morgan fingerprint density at radius 1 is 0.821 bits per heavy atom. The lowest BCUT2D eigenvalue weighted by Crippen LogP contribution is -1.91. The molecule has 2 heterocycles. The smallest absolute Gasteiger partial charge is 0.373 e. The van der Waals surface area contributed by atoms with E-state index in [9.17, 15) is 0 Å². The van der Waals surface area contributed by atoms with Gasteiger partial charge in [0.05, 0.1) is 14.2 Å². The third-order valence-electron chi connectivity index (χ3n) is 3.10. The Morgan fingerprint density at radius 2 is 1.21 bits per heavy atom. The van der Waals surface area contributed by atoms with Crippen LogP contribution in [0.1, 0.15) is 29.7 Å². The summed E-state index contributed by atoms with van der Waals surface area (Å²) in [6, 6.07) is 3.86. The van der Waals surface area contributed by atoms with Crippen molar-refractivity contribution < 1.29 is 28.7 Å². The number of rotatable bonds is 3. The van der Waals surface area contributed by atoms with Crippen molar-refractivity contribution in [3.63, 3.8) is 0 Å². The molecule has 0 radical (unpaired) electrons. The molecule has 0 aliphatic rings. The van der Waals surface area contributed by atoms with Gasteiger partial charge in [-0.3, -0.25) is 0 Å². The van der Waals surface area contributed by atoms with Crippen LogP contribution in [-0.2, 0) is 24.5 Å². The van der Waals surface area contributed by atoms with Crippen molar-refractivity contribution in [2.45, 2.75) is 33.5 Å². The molecule has 0 unspecified atom stereocenters. The summed E-state index contributed by atoms with van der Waals surface area (Å²) in [4.78, 5) is 40.6. The molecular formula is C19H25BrN2O6. The summed E-state index contributed by atoms with van der Waals surface area (Å²) < 4.78 is 9.92. The number of nitrogens with zero attached hydrogens (tertiary/aromatic N) is 2. The molecule has 0 saturated carbocycles. The van der Waals surface area contributed by atoms with E-state index in [-0.39, 0.29) is 19.7 Å². The second-order valence-electron chi connectivity index (χ2n) is 4.76. The molecule has 0 fully saturated rings. The van der Waals surface area contributed by atoms with E-state index >= 15 is 0 Å². The maximum absolute atomic E-state index is 8.12. The quantitative estimate of drug-likeness (QED) is 0.644. The Labute approximate surface area is 173 Å². The fourth-order valence-electron chi connectivity index (χ4n) is 1.51. The average molecular weight is 457 g/mol. The molecule has 28 heavy (non-hydrogen) atoms. The summed E-state index contributed by atoms with van der Waals surface area (Å²) in [6.45, 7) is 6.10. The van der Waals surface area contributed by atoms with Crippen LogP contribution in [0.15, 0.2) is 24.5 Å². The molecule has 154 valence electrons. The van der Waals surface area contributed by atoms with Gasteiger partial charge in [0, 0.05) is 29.9 Å². The van der Waals surface area contributed by atoms with E-state index in [1.54, 1.807) is 14.2 Å². The number of halogens is 1. The lowest BCUT2D eigenvalue weighted by atomic mass is 10.2. The van der Waals surface area contributed by atoms with E-state index in [0.29, 0.717) is 11.8 Å². The number of carbonyl (C=O) groups excluding carboxylic acids is 4. The highest BCUT2D eigenvalue weighted by Gasteiger charge is 1.99. The Hall–Kier alpha value is -2.86. The predicted octanol–water partition coefficient (Wildman–Crippen LogP) is 3.47. The van der Waals surface area contributed by atoms with Gasteiger partial charge in [0.1, 0.15) is 0 Å². The standard InChI is InChI=1S/C8H10BrNO.C8H11NO.2CO2.CH4/c1-6-5-10-8(11-2)3-7(6)4-9;1-6-4-8(10-3)9-5-7(6)2;2*2-1-3;/h3,5H,4H2,1-2H3;4-5H,1-3H3;;;1H4. The van der Waals surface area contributed by atoms with Crippen LogP contribution in [0.2, 0.25) is 0 Å². The molecule has 0 atom stereocenters. The SMILES string of the molecule is C.COc1cc(C)c(C)cn1.COc1cc(CBr)c(C)cn1.O=C=O.O=C=O. The molecular weight excluding hydrogens is 432 g/mol. The van der Waals surface area contributed by atoms with Crippen molar-refractivity contribution in [2.75, 3.05) is 14.2 Å². The zero-order chi connectivity index (χ0) is 21.2. The van der Waals surface area contributed by atoms with Crippen molar-refractivity contribution >= 4 is 28.2 Å². The summed E-state index contributed by atoms with van der Waals surface area (Å²) in [7, 11) is 3.24. The van der Waals surface area contributed by atoms with Crippen LogP contribution in [-0.4, -0.2) is 36.5 Å². The molecule has 0 amide bonds. The van der Waals surface area contributed by atoms with Gasteiger partial charge in [-0.25, -0.2) is 9.97 Å². The minimum Gasteiger partial charge on any atom is -0.481 e. The second kappa shape index (κ2) is 18.9. The highest BCUT2D eigenvalue weighted by atomic mass is 79.9. The second-order valence-corrected chi connectivity index (χ2v) is 5.33. The molecule has 0 spiro atoms. The third-order valence-corrected chi connectivity index (χ3v) is 3.70. The van der Waals surface area contributed by atoms with Crippen LogP contribution < -0.4 is 9.47 Å². The van der Waals surface area contributed by atoms with Gasteiger partial charge >= 0.3 is 12.3 Å². The summed E-state index contributed by atoms with van der Waals surface area (Å²) in [5.41, 5.74) is 4.81. The van der Waals surface area contributed by atoms with Gasteiger partial charge in [0.15, 0.2) is 0 Å². The fraction of sp³-hybridized carbons (Fsp3) is 0.368. The predicted molar refractivity (Wildman–Crippen MR) is 105 cm³/mol. The Balaban J connectivity index is -0.000000341. The molecule has 0 bridgehead atoms. The molecule has 0 N–H and O–H groups in total. The number of pyridine rings is 2. The van der Waals surface area contributed by atoms with E-state index in [4.69, 9.17) is 28.7 Å². The van der Waals surface area contributed by atoms with Gasteiger partial charge in [-0.1, -0.05) is 23.4 Å². The molecule has 0 aromatic carbocycles.